The summed E-state index contributed by atoms with van der Waals surface area (Å²) >= 11 is 0. The van der Waals surface area contributed by atoms with Gasteiger partial charge in [0.25, 0.3) is 0 Å². The Hall–Kier alpha value is -1.32. The van der Waals surface area contributed by atoms with Gasteiger partial charge in [-0.3, -0.25) is 9.59 Å². The van der Waals surface area contributed by atoms with E-state index in [0.717, 1.165) is 0 Å². The van der Waals surface area contributed by atoms with E-state index in [2.05, 4.69) is 6.58 Å². The molecule has 0 bridgehead atoms. The van der Waals surface area contributed by atoms with Crippen LogP contribution in [-0.2, 0) is 9.59 Å². The molecule has 0 fully saturated rings. The number of rotatable bonds is 6. The second kappa shape index (κ2) is 5.35. The number of carboxylic acids is 2. The molecular formula is C8H12O4. The van der Waals surface area contributed by atoms with Crippen LogP contribution in [0.3, 0.4) is 0 Å². The summed E-state index contributed by atoms with van der Waals surface area (Å²) in [6, 6.07) is 0. The Labute approximate surface area is 70.5 Å². The molecular weight excluding hydrogens is 160 g/mol. The van der Waals surface area contributed by atoms with Gasteiger partial charge in [-0.05, 0) is 12.8 Å². The molecule has 0 rings (SSSR count). The molecule has 0 aromatic carbocycles. The van der Waals surface area contributed by atoms with E-state index in [1.54, 1.807) is 0 Å². The van der Waals surface area contributed by atoms with E-state index in [9.17, 15) is 9.59 Å². The molecule has 4 heteroatoms. The monoisotopic (exact) mass is 172 g/mol. The molecule has 0 amide bonds. The maximum atomic E-state index is 10.5. The number of hydrogen-bond acceptors (Lipinski definition) is 2. The maximum absolute atomic E-state index is 10.5. The van der Waals surface area contributed by atoms with Crippen molar-refractivity contribution in [2.24, 2.45) is 5.92 Å². The predicted octanol–water partition coefficient (Wildman–Crippen LogP) is 1.13. The molecule has 0 spiro atoms. The Morgan fingerprint density at radius 2 is 2.00 bits per heavy atom. The number of carbonyl (C=O) groups is 2. The SMILES string of the molecule is C=CCC(CCC(=O)O)C(=O)O. The zero-order chi connectivity index (χ0) is 9.56. The van der Waals surface area contributed by atoms with Crippen LogP contribution in [0.4, 0.5) is 0 Å². The lowest BCUT2D eigenvalue weighted by atomic mass is 10.00. The van der Waals surface area contributed by atoms with E-state index >= 15 is 0 Å². The molecule has 0 saturated carbocycles. The molecule has 2 N–H and O–H groups in total. The molecule has 68 valence electrons. The van der Waals surface area contributed by atoms with Gasteiger partial charge in [0.05, 0.1) is 5.92 Å². The number of carboxylic acid groups (broad SMARTS) is 2. The summed E-state index contributed by atoms with van der Waals surface area (Å²) < 4.78 is 0. The highest BCUT2D eigenvalue weighted by molar-refractivity contribution is 5.72. The van der Waals surface area contributed by atoms with Crippen LogP contribution in [0.25, 0.3) is 0 Å². The van der Waals surface area contributed by atoms with Gasteiger partial charge in [0.15, 0.2) is 0 Å². The summed E-state index contributed by atoms with van der Waals surface area (Å²) in [6.45, 7) is 3.40. The first-order chi connectivity index (χ1) is 5.57. The van der Waals surface area contributed by atoms with Crippen LogP contribution in [-0.4, -0.2) is 22.2 Å². The highest BCUT2D eigenvalue weighted by atomic mass is 16.4. The van der Waals surface area contributed by atoms with Gasteiger partial charge in [-0.25, -0.2) is 0 Å². The molecule has 0 heterocycles. The van der Waals surface area contributed by atoms with Crippen LogP contribution in [0.15, 0.2) is 12.7 Å². The average Bonchev–Trinajstić information content (AvgIpc) is 1.96. The number of aliphatic carboxylic acids is 2. The fourth-order valence-electron chi connectivity index (χ4n) is 0.841. The minimum atomic E-state index is -0.967. The molecule has 0 aliphatic rings. The van der Waals surface area contributed by atoms with Crippen LogP contribution >= 0.6 is 0 Å². The first-order valence-electron chi connectivity index (χ1n) is 3.63. The molecule has 0 radical (unpaired) electrons. The zero-order valence-electron chi connectivity index (χ0n) is 6.69. The Morgan fingerprint density at radius 3 is 2.33 bits per heavy atom. The van der Waals surface area contributed by atoms with Crippen molar-refractivity contribution in [3.8, 4) is 0 Å². The second-order valence-corrected chi connectivity index (χ2v) is 2.49. The Balaban J connectivity index is 3.86. The first kappa shape index (κ1) is 10.7. The van der Waals surface area contributed by atoms with Crippen LogP contribution in [0.1, 0.15) is 19.3 Å². The summed E-state index contributed by atoms with van der Waals surface area (Å²) in [5.74, 6) is -2.54. The van der Waals surface area contributed by atoms with Crippen molar-refractivity contribution in [1.82, 2.24) is 0 Å². The summed E-state index contributed by atoms with van der Waals surface area (Å²) in [5, 5.41) is 16.9. The smallest absolute Gasteiger partial charge is 0.306 e. The van der Waals surface area contributed by atoms with Gasteiger partial charge < -0.3 is 10.2 Å². The largest absolute Gasteiger partial charge is 0.481 e. The van der Waals surface area contributed by atoms with Crippen molar-refractivity contribution in [2.45, 2.75) is 19.3 Å². The lowest BCUT2D eigenvalue weighted by molar-refractivity contribution is -0.142. The quantitative estimate of drug-likeness (QED) is 0.589. The molecule has 0 aliphatic carbocycles. The van der Waals surface area contributed by atoms with Crippen LogP contribution in [0.2, 0.25) is 0 Å². The highest BCUT2D eigenvalue weighted by Gasteiger charge is 2.16. The van der Waals surface area contributed by atoms with Crippen molar-refractivity contribution in [3.63, 3.8) is 0 Å². The summed E-state index contributed by atoms with van der Waals surface area (Å²) in [5.41, 5.74) is 0. The van der Waals surface area contributed by atoms with Crippen molar-refractivity contribution in [1.29, 1.82) is 0 Å². The van der Waals surface area contributed by atoms with Crippen molar-refractivity contribution >= 4 is 11.9 Å². The van der Waals surface area contributed by atoms with E-state index in [1.807, 2.05) is 0 Å². The molecule has 0 aliphatic heterocycles. The summed E-state index contributed by atoms with van der Waals surface area (Å²) in [7, 11) is 0. The predicted molar refractivity (Wildman–Crippen MR) is 42.8 cm³/mol. The first-order valence-corrected chi connectivity index (χ1v) is 3.63. The third-order valence-electron chi connectivity index (χ3n) is 1.51. The molecule has 12 heavy (non-hydrogen) atoms. The highest BCUT2D eigenvalue weighted by Crippen LogP contribution is 2.11. The molecule has 0 saturated heterocycles. The minimum Gasteiger partial charge on any atom is -0.481 e. The minimum absolute atomic E-state index is 0.106. The lowest BCUT2D eigenvalue weighted by Gasteiger charge is -2.06. The molecule has 1 unspecified atom stereocenters. The zero-order valence-corrected chi connectivity index (χ0v) is 6.69. The van der Waals surface area contributed by atoms with Gasteiger partial charge in [-0.1, -0.05) is 6.08 Å². The fraction of sp³-hybridized carbons (Fsp3) is 0.500. The maximum Gasteiger partial charge on any atom is 0.306 e. The van der Waals surface area contributed by atoms with Crippen LogP contribution < -0.4 is 0 Å². The molecule has 1 atom stereocenters. The molecule has 0 aromatic rings. The Morgan fingerprint density at radius 1 is 1.42 bits per heavy atom. The number of hydrogen-bond donors (Lipinski definition) is 2. The third-order valence-corrected chi connectivity index (χ3v) is 1.51. The molecule has 0 aromatic heterocycles. The van der Waals surface area contributed by atoms with Gasteiger partial charge in [0, 0.05) is 6.42 Å². The van der Waals surface area contributed by atoms with E-state index < -0.39 is 17.9 Å². The van der Waals surface area contributed by atoms with E-state index in [1.165, 1.54) is 6.08 Å². The van der Waals surface area contributed by atoms with E-state index in [0.29, 0.717) is 6.42 Å². The number of allylic oxidation sites excluding steroid dienone is 1. The lowest BCUT2D eigenvalue weighted by Crippen LogP contribution is -2.14. The van der Waals surface area contributed by atoms with Crippen LogP contribution in [0, 0.1) is 5.92 Å². The van der Waals surface area contributed by atoms with E-state index in [-0.39, 0.29) is 12.8 Å². The normalized spacial score (nSPS) is 12.0. The van der Waals surface area contributed by atoms with Crippen molar-refractivity contribution in [2.75, 3.05) is 0 Å². The Bertz CT molecular complexity index is 185. The third kappa shape index (κ3) is 4.49. The van der Waals surface area contributed by atoms with Gasteiger partial charge in [-0.2, -0.15) is 0 Å². The van der Waals surface area contributed by atoms with Crippen molar-refractivity contribution in [3.05, 3.63) is 12.7 Å². The fourth-order valence-corrected chi connectivity index (χ4v) is 0.841. The Kier molecular flexibility index (Phi) is 4.76. The van der Waals surface area contributed by atoms with Crippen LogP contribution in [0.5, 0.6) is 0 Å². The second-order valence-electron chi connectivity index (χ2n) is 2.49. The van der Waals surface area contributed by atoms with Gasteiger partial charge in [-0.15, -0.1) is 6.58 Å². The van der Waals surface area contributed by atoms with Crippen molar-refractivity contribution < 1.29 is 19.8 Å². The van der Waals surface area contributed by atoms with Gasteiger partial charge >= 0.3 is 11.9 Å². The summed E-state index contributed by atoms with van der Waals surface area (Å²) in [6.07, 6.45) is 1.87. The van der Waals surface area contributed by atoms with E-state index in [4.69, 9.17) is 10.2 Å². The topological polar surface area (TPSA) is 74.6 Å². The average molecular weight is 172 g/mol. The van der Waals surface area contributed by atoms with Gasteiger partial charge in [0.1, 0.15) is 0 Å². The summed E-state index contributed by atoms with van der Waals surface area (Å²) in [4.78, 5) is 20.6. The standard InChI is InChI=1S/C8H12O4/c1-2-3-6(8(11)12)4-5-7(9)10/h2,6H,1,3-5H2,(H,9,10)(H,11,12). The van der Waals surface area contributed by atoms with Gasteiger partial charge in [0.2, 0.25) is 0 Å². The molecule has 4 nitrogen and oxygen atoms in total.